The zero-order valence-corrected chi connectivity index (χ0v) is 10.8. The third kappa shape index (κ3) is 1.97. The number of amides is 1. The van der Waals surface area contributed by atoms with Crippen LogP contribution >= 0.6 is 0 Å². The molecule has 1 saturated carbocycles. The Labute approximate surface area is 107 Å². The normalized spacial score (nSPS) is 23.9. The Morgan fingerprint density at radius 1 is 1.28 bits per heavy atom. The van der Waals surface area contributed by atoms with Crippen LogP contribution in [0.3, 0.4) is 0 Å². The number of fused-ring (bicyclic) bond motifs is 1. The third-order valence-corrected chi connectivity index (χ3v) is 3.88. The highest BCUT2D eigenvalue weighted by molar-refractivity contribution is 6.00. The number of likely N-dealkylation sites (N-methyl/N-ethyl adjacent to an activating group) is 1. The fourth-order valence-corrected chi connectivity index (χ4v) is 2.64. The molecule has 96 valence electrons. The van der Waals surface area contributed by atoms with Gasteiger partial charge in [-0.1, -0.05) is 12.1 Å². The molecule has 1 amide bonds. The van der Waals surface area contributed by atoms with E-state index in [-0.39, 0.29) is 11.9 Å². The summed E-state index contributed by atoms with van der Waals surface area (Å²) >= 11 is 0. The van der Waals surface area contributed by atoms with E-state index in [1.165, 1.54) is 18.5 Å². The lowest BCUT2D eigenvalue weighted by Crippen LogP contribution is -2.70. The summed E-state index contributed by atoms with van der Waals surface area (Å²) in [5.41, 5.74) is 6.20. The average Bonchev–Trinajstić information content (AvgIpc) is 3.19. The number of hydrogen-bond donors (Lipinski definition) is 1. The van der Waals surface area contributed by atoms with E-state index in [9.17, 15) is 4.79 Å². The second kappa shape index (κ2) is 4.28. The number of quaternary nitrogens is 1. The van der Waals surface area contributed by atoms with Crippen molar-refractivity contribution < 1.29 is 10.5 Å². The maximum atomic E-state index is 12.2. The molecule has 1 fully saturated rings. The van der Waals surface area contributed by atoms with Gasteiger partial charge in [0.2, 0.25) is 0 Å². The maximum Gasteiger partial charge on any atom is 0.286 e. The highest BCUT2D eigenvalue weighted by Gasteiger charge is 2.34. The Balaban J connectivity index is 1.99. The van der Waals surface area contributed by atoms with Gasteiger partial charge in [0, 0.05) is 13.6 Å². The molecular formula is C14H20N3O+. The van der Waals surface area contributed by atoms with Crippen LogP contribution in [0.25, 0.3) is 0 Å². The summed E-state index contributed by atoms with van der Waals surface area (Å²) in [6.45, 7) is 1.79. The first-order chi connectivity index (χ1) is 8.66. The molecule has 0 aromatic heterocycles. The fraction of sp³-hybridized carbons (Fsp3) is 0.500. The van der Waals surface area contributed by atoms with Gasteiger partial charge in [-0.2, -0.15) is 0 Å². The van der Waals surface area contributed by atoms with Crippen LogP contribution in [0, 0.1) is 5.92 Å². The van der Waals surface area contributed by atoms with E-state index < -0.39 is 0 Å². The van der Waals surface area contributed by atoms with Crippen molar-refractivity contribution in [3.05, 3.63) is 24.3 Å². The first-order valence-electron chi connectivity index (χ1n) is 6.61. The lowest BCUT2D eigenvalue weighted by Gasteiger charge is -2.25. The zero-order valence-electron chi connectivity index (χ0n) is 10.8. The lowest BCUT2D eigenvalue weighted by molar-refractivity contribution is -0.399. The van der Waals surface area contributed by atoms with Crippen LogP contribution < -0.4 is 15.5 Å². The molecule has 1 aliphatic heterocycles. The number of nitrogens with zero attached hydrogens (tertiary/aromatic N) is 2. The van der Waals surface area contributed by atoms with Gasteiger partial charge in [-0.3, -0.25) is 4.79 Å². The molecular weight excluding hydrogens is 226 g/mol. The topological polar surface area (TPSA) is 51.2 Å². The monoisotopic (exact) mass is 246 g/mol. The molecule has 3 N–H and O–H groups in total. The molecule has 0 radical (unpaired) electrons. The van der Waals surface area contributed by atoms with Gasteiger partial charge in [0.25, 0.3) is 5.91 Å². The van der Waals surface area contributed by atoms with E-state index in [4.69, 9.17) is 0 Å². The zero-order chi connectivity index (χ0) is 12.7. The van der Waals surface area contributed by atoms with E-state index in [1.807, 2.05) is 25.2 Å². The lowest BCUT2D eigenvalue weighted by atomic mass is 10.2. The standard InChI is InChI=1S/C14H19N3O/c1-16-12-4-2-3-5-13(12)17(8-10-6-7-10)9-11(15)14(16)18/h2-5,10-11H,6-9,15H2,1H3/p+1/t11-/m0/s1. The molecule has 2 aliphatic rings. The first kappa shape index (κ1) is 11.5. The van der Waals surface area contributed by atoms with Crippen LogP contribution in [0.4, 0.5) is 11.4 Å². The van der Waals surface area contributed by atoms with Gasteiger partial charge in [-0.15, -0.1) is 0 Å². The summed E-state index contributed by atoms with van der Waals surface area (Å²) in [6, 6.07) is 7.98. The summed E-state index contributed by atoms with van der Waals surface area (Å²) in [6.07, 6.45) is 2.65. The summed E-state index contributed by atoms with van der Waals surface area (Å²) in [7, 11) is 1.85. The average molecular weight is 246 g/mol. The predicted octanol–water partition coefficient (Wildman–Crippen LogP) is 0.490. The molecule has 4 heteroatoms. The number of anilines is 2. The Hall–Kier alpha value is -1.55. The second-order valence-electron chi connectivity index (χ2n) is 5.43. The number of hydrogen-bond acceptors (Lipinski definition) is 2. The second-order valence-corrected chi connectivity index (χ2v) is 5.43. The Bertz CT molecular complexity index is 470. The SMILES string of the molecule is CN1C(=O)[C@@H]([NH3+])CN(CC2CC2)c2ccccc21. The van der Waals surface area contributed by atoms with Gasteiger partial charge < -0.3 is 15.5 Å². The smallest absolute Gasteiger partial charge is 0.286 e. The molecule has 18 heavy (non-hydrogen) atoms. The Morgan fingerprint density at radius 2 is 1.94 bits per heavy atom. The van der Waals surface area contributed by atoms with Crippen molar-refractivity contribution >= 4 is 17.3 Å². The van der Waals surface area contributed by atoms with Gasteiger partial charge in [0.15, 0.2) is 6.04 Å². The Morgan fingerprint density at radius 3 is 2.61 bits per heavy atom. The van der Waals surface area contributed by atoms with Crippen molar-refractivity contribution in [3.8, 4) is 0 Å². The molecule has 4 nitrogen and oxygen atoms in total. The highest BCUT2D eigenvalue weighted by atomic mass is 16.2. The van der Waals surface area contributed by atoms with Gasteiger partial charge in [-0.05, 0) is 30.9 Å². The van der Waals surface area contributed by atoms with Crippen LogP contribution in [-0.4, -0.2) is 32.1 Å². The molecule has 0 bridgehead atoms. The fourth-order valence-electron chi connectivity index (χ4n) is 2.64. The van der Waals surface area contributed by atoms with Crippen LogP contribution in [0.15, 0.2) is 24.3 Å². The largest absolute Gasteiger partial charge is 0.363 e. The first-order valence-corrected chi connectivity index (χ1v) is 6.61. The maximum absolute atomic E-state index is 12.2. The van der Waals surface area contributed by atoms with Crippen molar-refractivity contribution in [2.24, 2.45) is 5.92 Å². The molecule has 1 atom stereocenters. The van der Waals surface area contributed by atoms with Crippen molar-refractivity contribution in [2.75, 3.05) is 29.9 Å². The van der Waals surface area contributed by atoms with Crippen LogP contribution in [0.5, 0.6) is 0 Å². The van der Waals surface area contributed by atoms with E-state index in [1.54, 1.807) is 4.90 Å². The number of rotatable bonds is 2. The van der Waals surface area contributed by atoms with E-state index in [2.05, 4.69) is 16.7 Å². The van der Waals surface area contributed by atoms with Crippen LogP contribution in [0.2, 0.25) is 0 Å². The van der Waals surface area contributed by atoms with Gasteiger partial charge in [0.05, 0.1) is 17.9 Å². The Kier molecular flexibility index (Phi) is 2.74. The van der Waals surface area contributed by atoms with Crippen molar-refractivity contribution in [1.29, 1.82) is 0 Å². The molecule has 1 aromatic rings. The van der Waals surface area contributed by atoms with Crippen LogP contribution in [-0.2, 0) is 4.79 Å². The summed E-state index contributed by atoms with van der Waals surface area (Å²) < 4.78 is 0. The molecule has 1 heterocycles. The molecule has 3 rings (SSSR count). The number of carbonyl (C=O) groups is 1. The quantitative estimate of drug-likeness (QED) is 0.825. The third-order valence-electron chi connectivity index (χ3n) is 3.88. The van der Waals surface area contributed by atoms with Gasteiger partial charge >= 0.3 is 0 Å². The number of benzene rings is 1. The minimum atomic E-state index is -0.179. The van der Waals surface area contributed by atoms with Crippen molar-refractivity contribution in [2.45, 2.75) is 18.9 Å². The van der Waals surface area contributed by atoms with Crippen LogP contribution in [0.1, 0.15) is 12.8 Å². The summed E-state index contributed by atoms with van der Waals surface area (Å²) in [4.78, 5) is 16.3. The summed E-state index contributed by atoms with van der Waals surface area (Å²) in [5, 5.41) is 0. The van der Waals surface area contributed by atoms with Crippen molar-refractivity contribution in [1.82, 2.24) is 0 Å². The molecule has 1 aliphatic carbocycles. The molecule has 0 unspecified atom stereocenters. The molecule has 1 aromatic carbocycles. The van der Waals surface area contributed by atoms with Gasteiger partial charge in [-0.25, -0.2) is 0 Å². The van der Waals surface area contributed by atoms with Crippen molar-refractivity contribution in [3.63, 3.8) is 0 Å². The number of carbonyl (C=O) groups excluding carboxylic acids is 1. The minimum Gasteiger partial charge on any atom is -0.363 e. The number of para-hydroxylation sites is 2. The highest BCUT2D eigenvalue weighted by Crippen LogP contribution is 2.36. The van der Waals surface area contributed by atoms with Gasteiger partial charge in [0.1, 0.15) is 0 Å². The summed E-state index contributed by atoms with van der Waals surface area (Å²) in [5.74, 6) is 0.921. The van der Waals surface area contributed by atoms with E-state index in [0.29, 0.717) is 0 Å². The molecule has 0 spiro atoms. The minimum absolute atomic E-state index is 0.112. The molecule has 0 saturated heterocycles. The van der Waals surface area contributed by atoms with E-state index in [0.717, 1.165) is 24.7 Å². The van der Waals surface area contributed by atoms with E-state index >= 15 is 0 Å². The predicted molar refractivity (Wildman–Crippen MR) is 71.5 cm³/mol.